The first-order valence-electron chi connectivity index (χ1n) is 5.24. The standard InChI is InChI=1S/C11H15NO3S/c12-5-6-16(13,14)8-9-7-15-11-4-2-1-3-10(9)11/h1-4,9H,5-8,12H2. The van der Waals surface area contributed by atoms with Gasteiger partial charge in [-0.1, -0.05) is 18.2 Å². The summed E-state index contributed by atoms with van der Waals surface area (Å²) >= 11 is 0. The summed E-state index contributed by atoms with van der Waals surface area (Å²) in [5.74, 6) is 0.926. The Balaban J connectivity index is 2.15. The number of rotatable bonds is 4. The molecule has 1 heterocycles. The number of fused-ring (bicyclic) bond motifs is 1. The van der Waals surface area contributed by atoms with Crippen LogP contribution >= 0.6 is 0 Å². The second-order valence-corrected chi connectivity index (χ2v) is 6.18. The maximum Gasteiger partial charge on any atom is 0.152 e. The molecule has 1 aromatic rings. The van der Waals surface area contributed by atoms with Crippen LogP contribution in [-0.2, 0) is 9.84 Å². The normalized spacial score (nSPS) is 19.2. The summed E-state index contributed by atoms with van der Waals surface area (Å²) in [5.41, 5.74) is 6.26. The number of hydrogen-bond acceptors (Lipinski definition) is 4. The van der Waals surface area contributed by atoms with Gasteiger partial charge in [-0.25, -0.2) is 8.42 Å². The summed E-state index contributed by atoms with van der Waals surface area (Å²) in [6.07, 6.45) is 0. The van der Waals surface area contributed by atoms with Crippen molar-refractivity contribution < 1.29 is 13.2 Å². The van der Waals surface area contributed by atoms with Gasteiger partial charge in [0.1, 0.15) is 5.75 Å². The number of nitrogens with two attached hydrogens (primary N) is 1. The van der Waals surface area contributed by atoms with Crippen LogP contribution in [0.15, 0.2) is 24.3 Å². The van der Waals surface area contributed by atoms with E-state index in [1.54, 1.807) is 0 Å². The molecule has 0 saturated heterocycles. The third-order valence-electron chi connectivity index (χ3n) is 2.68. The van der Waals surface area contributed by atoms with Crippen molar-refractivity contribution in [2.45, 2.75) is 5.92 Å². The van der Waals surface area contributed by atoms with Gasteiger partial charge >= 0.3 is 0 Å². The molecule has 1 atom stereocenters. The highest BCUT2D eigenvalue weighted by atomic mass is 32.2. The zero-order valence-corrected chi connectivity index (χ0v) is 9.74. The Morgan fingerprint density at radius 1 is 1.38 bits per heavy atom. The lowest BCUT2D eigenvalue weighted by Gasteiger charge is -2.08. The van der Waals surface area contributed by atoms with Gasteiger partial charge in [0.25, 0.3) is 0 Å². The van der Waals surface area contributed by atoms with Crippen LogP contribution in [0, 0.1) is 0 Å². The molecule has 0 bridgehead atoms. The Bertz CT molecular complexity index is 470. The molecule has 0 amide bonds. The number of para-hydroxylation sites is 1. The summed E-state index contributed by atoms with van der Waals surface area (Å²) < 4.78 is 28.8. The maximum atomic E-state index is 11.7. The number of benzene rings is 1. The first-order valence-corrected chi connectivity index (χ1v) is 7.07. The first-order chi connectivity index (χ1) is 7.62. The maximum absolute atomic E-state index is 11.7. The van der Waals surface area contributed by atoms with Crippen molar-refractivity contribution in [1.82, 2.24) is 0 Å². The molecule has 2 N–H and O–H groups in total. The second kappa shape index (κ2) is 4.43. The van der Waals surface area contributed by atoms with E-state index in [-0.39, 0.29) is 24.0 Å². The van der Waals surface area contributed by atoms with Crippen LogP contribution in [0.3, 0.4) is 0 Å². The van der Waals surface area contributed by atoms with Gasteiger partial charge in [-0.15, -0.1) is 0 Å². The minimum absolute atomic E-state index is 0.0473. The van der Waals surface area contributed by atoms with Gasteiger partial charge in [-0.2, -0.15) is 0 Å². The third-order valence-corrected chi connectivity index (χ3v) is 4.45. The topological polar surface area (TPSA) is 69.4 Å². The fourth-order valence-corrected chi connectivity index (χ4v) is 3.35. The Morgan fingerprint density at radius 2 is 2.12 bits per heavy atom. The van der Waals surface area contributed by atoms with Gasteiger partial charge in [0, 0.05) is 18.0 Å². The Morgan fingerprint density at radius 3 is 2.88 bits per heavy atom. The largest absolute Gasteiger partial charge is 0.493 e. The van der Waals surface area contributed by atoms with Gasteiger partial charge in [0.2, 0.25) is 0 Å². The van der Waals surface area contributed by atoms with Crippen LogP contribution in [-0.4, -0.2) is 33.1 Å². The lowest BCUT2D eigenvalue weighted by Crippen LogP contribution is -2.23. The average molecular weight is 241 g/mol. The molecule has 1 aliphatic rings. The summed E-state index contributed by atoms with van der Waals surface area (Å²) in [6.45, 7) is 0.626. The first kappa shape index (κ1) is 11.4. The van der Waals surface area contributed by atoms with E-state index in [4.69, 9.17) is 10.5 Å². The van der Waals surface area contributed by atoms with E-state index in [2.05, 4.69) is 0 Å². The van der Waals surface area contributed by atoms with E-state index in [1.807, 2.05) is 24.3 Å². The quantitative estimate of drug-likeness (QED) is 0.835. The molecule has 88 valence electrons. The Hall–Kier alpha value is -1.07. The van der Waals surface area contributed by atoms with Crippen LogP contribution in [0.25, 0.3) is 0 Å². The van der Waals surface area contributed by atoms with Crippen molar-refractivity contribution in [3.05, 3.63) is 29.8 Å². The van der Waals surface area contributed by atoms with E-state index in [9.17, 15) is 8.42 Å². The minimum atomic E-state index is -3.06. The van der Waals surface area contributed by atoms with E-state index in [1.165, 1.54) is 0 Å². The van der Waals surface area contributed by atoms with Crippen LogP contribution in [0.2, 0.25) is 0 Å². The molecule has 0 spiro atoms. The van der Waals surface area contributed by atoms with Crippen molar-refractivity contribution in [3.8, 4) is 5.75 Å². The molecule has 2 rings (SSSR count). The lowest BCUT2D eigenvalue weighted by atomic mass is 10.0. The molecular formula is C11H15NO3S. The van der Waals surface area contributed by atoms with Gasteiger partial charge in [0.15, 0.2) is 9.84 Å². The molecule has 4 nitrogen and oxygen atoms in total. The van der Waals surface area contributed by atoms with Crippen molar-refractivity contribution >= 4 is 9.84 Å². The fourth-order valence-electron chi connectivity index (χ4n) is 1.94. The lowest BCUT2D eigenvalue weighted by molar-refractivity contribution is 0.337. The molecule has 0 radical (unpaired) electrons. The van der Waals surface area contributed by atoms with Crippen molar-refractivity contribution in [1.29, 1.82) is 0 Å². The minimum Gasteiger partial charge on any atom is -0.493 e. The Kier molecular flexibility index (Phi) is 3.16. The molecule has 1 aliphatic heterocycles. The molecular weight excluding hydrogens is 226 g/mol. The Labute approximate surface area is 95.3 Å². The molecule has 5 heteroatoms. The zero-order chi connectivity index (χ0) is 11.6. The smallest absolute Gasteiger partial charge is 0.152 e. The number of ether oxygens (including phenoxy) is 1. The highest BCUT2D eigenvalue weighted by Crippen LogP contribution is 2.34. The predicted octanol–water partition coefficient (Wildman–Crippen LogP) is 0.536. The summed E-state index contributed by atoms with van der Waals surface area (Å²) in [6, 6.07) is 7.57. The third kappa shape index (κ3) is 2.36. The van der Waals surface area contributed by atoms with Crippen LogP contribution < -0.4 is 10.5 Å². The molecule has 0 aromatic heterocycles. The summed E-state index contributed by atoms with van der Waals surface area (Å²) in [7, 11) is -3.06. The molecule has 1 aromatic carbocycles. The molecule has 0 aliphatic carbocycles. The highest BCUT2D eigenvalue weighted by Gasteiger charge is 2.28. The van der Waals surface area contributed by atoms with Gasteiger partial charge in [0.05, 0.1) is 18.1 Å². The number of hydrogen-bond donors (Lipinski definition) is 1. The highest BCUT2D eigenvalue weighted by molar-refractivity contribution is 7.91. The van der Waals surface area contributed by atoms with Crippen molar-refractivity contribution in [2.75, 3.05) is 24.7 Å². The summed E-state index contributed by atoms with van der Waals surface area (Å²) in [5, 5.41) is 0. The van der Waals surface area contributed by atoms with Crippen LogP contribution in [0.1, 0.15) is 11.5 Å². The van der Waals surface area contributed by atoms with Crippen molar-refractivity contribution in [2.24, 2.45) is 5.73 Å². The van der Waals surface area contributed by atoms with E-state index in [0.29, 0.717) is 6.61 Å². The fraction of sp³-hybridized carbons (Fsp3) is 0.455. The SMILES string of the molecule is NCCS(=O)(=O)CC1COc2ccccc21. The molecule has 16 heavy (non-hydrogen) atoms. The van der Waals surface area contributed by atoms with Crippen molar-refractivity contribution in [3.63, 3.8) is 0 Å². The predicted molar refractivity (Wildman–Crippen MR) is 62.4 cm³/mol. The van der Waals surface area contributed by atoms with E-state index >= 15 is 0 Å². The van der Waals surface area contributed by atoms with Gasteiger partial charge in [-0.3, -0.25) is 0 Å². The molecule has 0 fully saturated rings. The second-order valence-electron chi connectivity index (χ2n) is 3.95. The molecule has 1 unspecified atom stereocenters. The van der Waals surface area contributed by atoms with E-state index < -0.39 is 9.84 Å². The summed E-state index contributed by atoms with van der Waals surface area (Å²) in [4.78, 5) is 0. The molecule has 0 saturated carbocycles. The van der Waals surface area contributed by atoms with Crippen LogP contribution in [0.4, 0.5) is 0 Å². The average Bonchev–Trinajstić information content (AvgIpc) is 2.61. The van der Waals surface area contributed by atoms with E-state index in [0.717, 1.165) is 11.3 Å². The van der Waals surface area contributed by atoms with Gasteiger partial charge < -0.3 is 10.5 Å². The monoisotopic (exact) mass is 241 g/mol. The van der Waals surface area contributed by atoms with Gasteiger partial charge in [-0.05, 0) is 6.07 Å². The zero-order valence-electron chi connectivity index (χ0n) is 8.93. The van der Waals surface area contributed by atoms with Crippen LogP contribution in [0.5, 0.6) is 5.75 Å². The number of sulfone groups is 1.